The van der Waals surface area contributed by atoms with Crippen molar-refractivity contribution < 1.29 is 9.59 Å². The largest absolute Gasteiger partial charge is 0.312 e. The van der Waals surface area contributed by atoms with Crippen LogP contribution in [0.3, 0.4) is 0 Å². The Morgan fingerprint density at radius 3 is 2.50 bits per heavy atom. The van der Waals surface area contributed by atoms with Crippen LogP contribution in [0.5, 0.6) is 0 Å². The van der Waals surface area contributed by atoms with Crippen LogP contribution in [0, 0.1) is 0 Å². The van der Waals surface area contributed by atoms with Gasteiger partial charge in [-0.05, 0) is 73.7 Å². The van der Waals surface area contributed by atoms with Gasteiger partial charge in [-0.25, -0.2) is 0 Å². The van der Waals surface area contributed by atoms with Crippen molar-refractivity contribution in [1.82, 2.24) is 0 Å². The lowest BCUT2D eigenvalue weighted by Gasteiger charge is -2.30. The van der Waals surface area contributed by atoms with E-state index in [2.05, 4.69) is 22.0 Å². The average molecular weight is 413 g/mol. The molecule has 0 aliphatic carbocycles. The number of hydrogen-bond donors (Lipinski definition) is 0. The fourth-order valence-corrected chi connectivity index (χ4v) is 4.20. The molecule has 1 saturated heterocycles. The van der Waals surface area contributed by atoms with E-state index >= 15 is 0 Å². The van der Waals surface area contributed by atoms with Gasteiger partial charge in [0.25, 0.3) is 5.91 Å². The Kier molecular flexibility index (Phi) is 4.81. The number of carbonyl (C=O) groups is 2. The molecule has 2 aromatic carbocycles. The number of anilines is 2. The van der Waals surface area contributed by atoms with Crippen LogP contribution >= 0.6 is 15.9 Å². The number of carbonyl (C=O) groups excluding carboxylic acids is 2. The molecule has 0 bridgehead atoms. The minimum Gasteiger partial charge on any atom is -0.312 e. The Morgan fingerprint density at radius 2 is 1.73 bits per heavy atom. The van der Waals surface area contributed by atoms with Crippen LogP contribution in [0.15, 0.2) is 46.9 Å². The highest BCUT2D eigenvalue weighted by Crippen LogP contribution is 2.31. The van der Waals surface area contributed by atoms with Crippen molar-refractivity contribution in [3.8, 4) is 0 Å². The number of hydrogen-bond acceptors (Lipinski definition) is 2. The molecule has 2 amide bonds. The molecular weight excluding hydrogens is 392 g/mol. The first-order valence-electron chi connectivity index (χ1n) is 9.14. The topological polar surface area (TPSA) is 40.6 Å². The number of rotatable bonds is 2. The van der Waals surface area contributed by atoms with Crippen LogP contribution < -0.4 is 9.80 Å². The van der Waals surface area contributed by atoms with Gasteiger partial charge in [0.1, 0.15) is 0 Å². The molecule has 134 valence electrons. The van der Waals surface area contributed by atoms with Gasteiger partial charge in [0, 0.05) is 40.9 Å². The smallest absolute Gasteiger partial charge is 0.258 e. The zero-order chi connectivity index (χ0) is 18.1. The first-order chi connectivity index (χ1) is 12.6. The molecule has 5 heteroatoms. The Bertz CT molecular complexity index is 848. The second-order valence-corrected chi connectivity index (χ2v) is 7.80. The normalized spacial score (nSPS) is 17.2. The number of piperidine rings is 1. The maximum Gasteiger partial charge on any atom is 0.258 e. The quantitative estimate of drug-likeness (QED) is 0.725. The van der Waals surface area contributed by atoms with Gasteiger partial charge < -0.3 is 9.80 Å². The van der Waals surface area contributed by atoms with Gasteiger partial charge in [0.15, 0.2) is 0 Å². The van der Waals surface area contributed by atoms with Gasteiger partial charge in [-0.2, -0.15) is 0 Å². The van der Waals surface area contributed by atoms with Crippen molar-refractivity contribution >= 4 is 39.1 Å². The number of amides is 2. The van der Waals surface area contributed by atoms with Crippen LogP contribution in [0.4, 0.5) is 11.4 Å². The molecule has 1 fully saturated rings. The summed E-state index contributed by atoms with van der Waals surface area (Å²) in [4.78, 5) is 28.8. The third kappa shape index (κ3) is 3.28. The van der Waals surface area contributed by atoms with Gasteiger partial charge in [0.05, 0.1) is 0 Å². The minimum atomic E-state index is 0.0183. The summed E-state index contributed by atoms with van der Waals surface area (Å²) in [7, 11) is 0. The predicted molar refractivity (Wildman–Crippen MR) is 107 cm³/mol. The Labute approximate surface area is 161 Å². The molecule has 2 heterocycles. The highest BCUT2D eigenvalue weighted by atomic mass is 79.9. The van der Waals surface area contributed by atoms with Crippen molar-refractivity contribution in [3.05, 3.63) is 58.1 Å². The van der Waals surface area contributed by atoms with Crippen molar-refractivity contribution in [2.45, 2.75) is 32.1 Å². The minimum absolute atomic E-state index is 0.0183. The maximum absolute atomic E-state index is 13.0. The summed E-state index contributed by atoms with van der Waals surface area (Å²) in [6.45, 7) is 1.50. The average Bonchev–Trinajstić information content (AvgIpc) is 2.67. The molecule has 0 saturated carbocycles. The second kappa shape index (κ2) is 7.23. The summed E-state index contributed by atoms with van der Waals surface area (Å²) in [6.07, 6.45) is 4.58. The first-order valence-corrected chi connectivity index (χ1v) is 9.93. The molecule has 0 radical (unpaired) electrons. The molecule has 0 spiro atoms. The van der Waals surface area contributed by atoms with Crippen LogP contribution in [-0.2, 0) is 11.2 Å². The van der Waals surface area contributed by atoms with E-state index in [9.17, 15) is 9.59 Å². The maximum atomic E-state index is 13.0. The van der Waals surface area contributed by atoms with E-state index in [1.165, 1.54) is 5.56 Å². The van der Waals surface area contributed by atoms with Gasteiger partial charge in [-0.3, -0.25) is 9.59 Å². The van der Waals surface area contributed by atoms with E-state index < -0.39 is 0 Å². The van der Waals surface area contributed by atoms with E-state index in [1.54, 1.807) is 0 Å². The predicted octanol–water partition coefficient (Wildman–Crippen LogP) is 4.56. The number of halogens is 1. The Morgan fingerprint density at radius 1 is 0.923 bits per heavy atom. The monoisotopic (exact) mass is 412 g/mol. The molecule has 4 nitrogen and oxygen atoms in total. The summed E-state index contributed by atoms with van der Waals surface area (Å²) in [5, 5.41) is 0. The lowest BCUT2D eigenvalue weighted by molar-refractivity contribution is -0.119. The van der Waals surface area contributed by atoms with E-state index in [4.69, 9.17) is 0 Å². The van der Waals surface area contributed by atoms with Crippen LogP contribution in [0.25, 0.3) is 0 Å². The van der Waals surface area contributed by atoms with Gasteiger partial charge in [-0.15, -0.1) is 0 Å². The van der Waals surface area contributed by atoms with Crippen molar-refractivity contribution in [3.63, 3.8) is 0 Å². The fourth-order valence-electron chi connectivity index (χ4n) is 3.80. The second-order valence-electron chi connectivity index (χ2n) is 6.88. The number of benzene rings is 2. The standard InChI is InChI=1S/C21H21BrN2O2/c22-17-8-11-19-16(14-17)4-3-13-24(19)21(26)15-6-9-18(10-7-15)23-12-2-1-5-20(23)25/h6-11,14H,1-5,12-13H2. The summed E-state index contributed by atoms with van der Waals surface area (Å²) < 4.78 is 1.04. The first kappa shape index (κ1) is 17.3. The summed E-state index contributed by atoms with van der Waals surface area (Å²) >= 11 is 3.51. The Balaban J connectivity index is 1.57. The van der Waals surface area contributed by atoms with E-state index in [0.29, 0.717) is 12.0 Å². The van der Waals surface area contributed by atoms with Gasteiger partial charge in [-0.1, -0.05) is 15.9 Å². The lowest BCUT2D eigenvalue weighted by Crippen LogP contribution is -2.36. The number of aryl methyl sites for hydroxylation is 1. The van der Waals surface area contributed by atoms with E-state index in [0.717, 1.165) is 54.6 Å². The van der Waals surface area contributed by atoms with E-state index in [-0.39, 0.29) is 11.8 Å². The highest BCUT2D eigenvalue weighted by molar-refractivity contribution is 9.10. The third-order valence-electron chi connectivity index (χ3n) is 5.15. The molecule has 0 unspecified atom stereocenters. The van der Waals surface area contributed by atoms with Crippen LogP contribution in [0.2, 0.25) is 0 Å². The molecule has 26 heavy (non-hydrogen) atoms. The molecule has 2 aromatic rings. The van der Waals surface area contributed by atoms with Gasteiger partial charge >= 0.3 is 0 Å². The van der Waals surface area contributed by atoms with E-state index in [1.807, 2.05) is 46.2 Å². The molecule has 2 aliphatic heterocycles. The van der Waals surface area contributed by atoms with Gasteiger partial charge in [0.2, 0.25) is 5.91 Å². The third-order valence-corrected chi connectivity index (χ3v) is 5.65. The molecular formula is C21H21BrN2O2. The van der Waals surface area contributed by atoms with Crippen molar-refractivity contribution in [2.75, 3.05) is 22.9 Å². The molecule has 0 atom stereocenters. The number of nitrogens with zero attached hydrogens (tertiary/aromatic N) is 2. The highest BCUT2D eigenvalue weighted by Gasteiger charge is 2.24. The molecule has 0 aromatic heterocycles. The Hall–Kier alpha value is -2.14. The SMILES string of the molecule is O=C1CCCCN1c1ccc(C(=O)N2CCCc3cc(Br)ccc32)cc1. The van der Waals surface area contributed by atoms with Crippen LogP contribution in [-0.4, -0.2) is 24.9 Å². The molecule has 4 rings (SSSR count). The number of fused-ring (bicyclic) bond motifs is 1. The summed E-state index contributed by atoms with van der Waals surface area (Å²) in [5.41, 5.74) is 3.75. The fraction of sp³-hybridized carbons (Fsp3) is 0.333. The molecule has 2 aliphatic rings. The molecule has 0 N–H and O–H groups in total. The summed E-state index contributed by atoms with van der Waals surface area (Å²) in [5.74, 6) is 0.190. The van der Waals surface area contributed by atoms with Crippen molar-refractivity contribution in [2.24, 2.45) is 0 Å². The van der Waals surface area contributed by atoms with Crippen molar-refractivity contribution in [1.29, 1.82) is 0 Å². The summed E-state index contributed by atoms with van der Waals surface area (Å²) in [6, 6.07) is 13.6. The lowest BCUT2D eigenvalue weighted by atomic mass is 10.0. The van der Waals surface area contributed by atoms with Crippen LogP contribution in [0.1, 0.15) is 41.6 Å². The zero-order valence-corrected chi connectivity index (χ0v) is 16.2. The zero-order valence-electron chi connectivity index (χ0n) is 14.6.